The minimum Gasteiger partial charge on any atom is -0.309 e. The first-order chi connectivity index (χ1) is 45.7. The zero-order valence-corrected chi connectivity index (χ0v) is 49.9. The summed E-state index contributed by atoms with van der Waals surface area (Å²) in [6.07, 6.45) is 0. The lowest BCUT2D eigenvalue weighted by Crippen LogP contribution is -2.33. The summed E-state index contributed by atoms with van der Waals surface area (Å²) in [6.45, 7) is 0. The van der Waals surface area contributed by atoms with Crippen LogP contribution in [0.4, 0.5) is 0 Å². The Kier molecular flexibility index (Phi) is 9.35. The molecule has 0 fully saturated rings. The molecular weight excluding hydrogens is 1110 g/mol. The highest BCUT2D eigenvalue weighted by Crippen LogP contribution is 2.65. The monoisotopic (exact) mass is 1160 g/mol. The Bertz CT molecular complexity index is 6020. The van der Waals surface area contributed by atoms with Crippen molar-refractivity contribution in [1.29, 1.82) is 0 Å². The van der Waals surface area contributed by atoms with Crippen LogP contribution in [0.1, 0.15) is 44.5 Å². The molecule has 2 aliphatic carbocycles. The zero-order valence-electron chi connectivity index (χ0n) is 49.9. The molecule has 18 aromatic rings. The van der Waals surface area contributed by atoms with Crippen molar-refractivity contribution in [3.05, 3.63) is 360 Å². The van der Waals surface area contributed by atoms with Crippen molar-refractivity contribution in [2.45, 2.75) is 10.8 Å². The topological polar surface area (TPSA) is 9.86 Å². The molecule has 4 heterocycles. The molecule has 0 saturated carbocycles. The van der Waals surface area contributed by atoms with Crippen molar-refractivity contribution in [3.63, 3.8) is 0 Å². The van der Waals surface area contributed by atoms with Crippen LogP contribution in [-0.2, 0) is 10.8 Å². The third-order valence-corrected chi connectivity index (χ3v) is 22.1. The molecule has 92 heavy (non-hydrogen) atoms. The maximum atomic E-state index is 2.59. The van der Waals surface area contributed by atoms with Gasteiger partial charge < -0.3 is 9.13 Å². The number of fused-ring (bicyclic) bond motifs is 28. The summed E-state index contributed by atoms with van der Waals surface area (Å²) in [5, 5.41) is 15.0. The Hall–Kier alpha value is -11.8. The number of rotatable bonds is 3. The van der Waals surface area contributed by atoms with E-state index >= 15 is 0 Å². The number of para-hydroxylation sites is 6. The largest absolute Gasteiger partial charge is 0.309 e. The lowest BCUT2D eigenvalue weighted by Gasteiger charge is -2.39. The van der Waals surface area contributed by atoms with Crippen molar-refractivity contribution in [2.75, 3.05) is 0 Å². The summed E-state index contributed by atoms with van der Waals surface area (Å²) < 4.78 is 5.09. The van der Waals surface area contributed by atoms with Crippen LogP contribution in [0.3, 0.4) is 0 Å². The van der Waals surface area contributed by atoms with Crippen LogP contribution in [0.2, 0.25) is 0 Å². The number of hydrogen-bond donors (Lipinski definition) is 0. The quantitative estimate of drug-likeness (QED) is 0.156. The zero-order chi connectivity index (χ0) is 59.7. The van der Waals surface area contributed by atoms with Gasteiger partial charge in [0.15, 0.2) is 0 Å². The molecule has 0 N–H and O–H groups in total. The second-order valence-corrected chi connectivity index (χ2v) is 25.9. The van der Waals surface area contributed by atoms with Gasteiger partial charge in [0.25, 0.3) is 0 Å². The first kappa shape index (κ1) is 49.1. The van der Waals surface area contributed by atoms with Crippen molar-refractivity contribution < 1.29 is 0 Å². The van der Waals surface area contributed by atoms with Gasteiger partial charge in [0, 0.05) is 21.5 Å². The molecule has 2 aliphatic heterocycles. The van der Waals surface area contributed by atoms with E-state index < -0.39 is 10.8 Å². The van der Waals surface area contributed by atoms with Gasteiger partial charge in [-0.05, 0) is 180 Å². The van der Waals surface area contributed by atoms with Crippen LogP contribution in [-0.4, -0.2) is 9.13 Å². The van der Waals surface area contributed by atoms with Gasteiger partial charge >= 0.3 is 0 Å². The average Bonchev–Trinajstić information content (AvgIpc) is 1.47. The van der Waals surface area contributed by atoms with Gasteiger partial charge in [0.2, 0.25) is 0 Å². The van der Waals surface area contributed by atoms with Crippen molar-refractivity contribution in [2.24, 2.45) is 0 Å². The van der Waals surface area contributed by atoms with Crippen LogP contribution in [0.25, 0.3) is 154 Å². The summed E-state index contributed by atoms with van der Waals surface area (Å²) in [4.78, 5) is 0. The molecule has 0 radical (unpaired) electrons. The molecule has 2 spiro atoms. The van der Waals surface area contributed by atoms with E-state index in [0.717, 1.165) is 0 Å². The molecule has 0 saturated heterocycles. The van der Waals surface area contributed by atoms with Crippen LogP contribution in [0.5, 0.6) is 0 Å². The van der Waals surface area contributed by atoms with Gasteiger partial charge in [-0.25, -0.2) is 0 Å². The van der Waals surface area contributed by atoms with Crippen LogP contribution in [0.15, 0.2) is 315 Å². The summed E-state index contributed by atoms with van der Waals surface area (Å²) >= 11 is 0. The summed E-state index contributed by atoms with van der Waals surface area (Å²) in [5.74, 6) is 0. The van der Waals surface area contributed by atoms with Gasteiger partial charge in [-0.1, -0.05) is 279 Å². The summed E-state index contributed by atoms with van der Waals surface area (Å²) in [6, 6.07) is 121. The Morgan fingerprint density at radius 3 is 1.01 bits per heavy atom. The molecule has 22 rings (SSSR count). The van der Waals surface area contributed by atoms with Crippen LogP contribution in [0, 0.1) is 0 Å². The van der Waals surface area contributed by atoms with Crippen molar-refractivity contribution in [1.82, 2.24) is 9.13 Å². The van der Waals surface area contributed by atoms with Gasteiger partial charge in [0.05, 0.1) is 44.3 Å². The fourth-order valence-electron chi connectivity index (χ4n) is 18.9. The van der Waals surface area contributed by atoms with Gasteiger partial charge in [-0.2, -0.15) is 0 Å². The molecule has 4 aliphatic rings. The van der Waals surface area contributed by atoms with E-state index in [4.69, 9.17) is 0 Å². The van der Waals surface area contributed by atoms with Gasteiger partial charge in [0.1, 0.15) is 0 Å². The molecular formula is C90H52N2. The molecule has 2 atom stereocenters. The minimum atomic E-state index is -0.595. The van der Waals surface area contributed by atoms with E-state index in [0.29, 0.717) is 0 Å². The third-order valence-electron chi connectivity index (χ3n) is 22.1. The predicted molar refractivity (Wildman–Crippen MR) is 383 cm³/mol. The van der Waals surface area contributed by atoms with Crippen LogP contribution >= 0.6 is 0 Å². The summed E-state index contributed by atoms with van der Waals surface area (Å²) in [7, 11) is 0. The Morgan fingerprint density at radius 2 is 0.511 bits per heavy atom. The molecule has 422 valence electrons. The van der Waals surface area contributed by atoms with Crippen molar-refractivity contribution >= 4 is 86.7 Å². The smallest absolute Gasteiger partial charge is 0.0754 e. The standard InChI is InChI=1S/C90H52N2/c1-3-25-55-53(23-1)51-54-24-2-4-26-56(54)85(55)86-63-33-17-31-57(61-35-19-43-75-83(61)67-29-5-9-39-71(67)89(75)73-41-11-15-49-81(73)91-79-47-13-7-27-59(79)65-37-21-45-77(89)87(65)91)69(63)52-70-58(32-18-34-64(70)86)62-36-20-44-76-84(62)68-30-6-10-40-72(68)90(76)74-42-12-16-50-82(74)92-80-48-14-8-28-60(80)66-38-22-46-78(90)88(66)92/h1-52H. The first-order valence-corrected chi connectivity index (χ1v) is 32.3. The molecule has 2 heteroatoms. The van der Waals surface area contributed by atoms with Gasteiger partial charge in [-0.3, -0.25) is 0 Å². The van der Waals surface area contributed by atoms with E-state index in [1.165, 1.54) is 198 Å². The van der Waals surface area contributed by atoms with E-state index in [2.05, 4.69) is 325 Å². The molecule has 2 aromatic heterocycles. The minimum absolute atomic E-state index is 0.595. The number of hydrogen-bond acceptors (Lipinski definition) is 0. The first-order valence-electron chi connectivity index (χ1n) is 32.3. The van der Waals surface area contributed by atoms with E-state index in [-0.39, 0.29) is 0 Å². The number of benzene rings is 16. The number of aromatic nitrogens is 2. The molecule has 16 aromatic carbocycles. The third kappa shape index (κ3) is 5.76. The maximum Gasteiger partial charge on any atom is 0.0754 e. The number of nitrogens with zero attached hydrogens (tertiary/aromatic N) is 2. The van der Waals surface area contributed by atoms with E-state index in [1.807, 2.05) is 0 Å². The SMILES string of the molecule is c1ccc2c(c1)-c1c(-c3cccc4c(-c5c6ccccc6cc6ccccc56)c5cccc(-c6cccc7c6-c6ccccc6C76c7ccccc7-n7c8ccccc8c8cccc6c87)c5cc34)cccc1C21c2ccccc2-n2c3ccccc3c3cccc1c32. The van der Waals surface area contributed by atoms with E-state index in [9.17, 15) is 0 Å². The van der Waals surface area contributed by atoms with Crippen molar-refractivity contribution in [3.8, 4) is 67.0 Å². The Balaban J connectivity index is 0.863. The van der Waals surface area contributed by atoms with E-state index in [1.54, 1.807) is 0 Å². The molecule has 0 amide bonds. The maximum absolute atomic E-state index is 2.59. The highest BCUT2D eigenvalue weighted by atomic mass is 15.0. The lowest BCUT2D eigenvalue weighted by atomic mass is 9.65. The normalized spacial score (nSPS) is 16.1. The average molecular weight is 1160 g/mol. The lowest BCUT2D eigenvalue weighted by molar-refractivity contribution is 0.748. The highest BCUT2D eigenvalue weighted by Gasteiger charge is 2.53. The Labute approximate surface area is 530 Å². The molecule has 2 unspecified atom stereocenters. The molecule has 2 nitrogen and oxygen atoms in total. The highest BCUT2D eigenvalue weighted by molar-refractivity contribution is 6.27. The second kappa shape index (κ2) is 17.5. The Morgan fingerprint density at radius 1 is 0.185 bits per heavy atom. The molecule has 0 bridgehead atoms. The fraction of sp³-hybridized carbons (Fsp3) is 0.0222. The fourth-order valence-corrected chi connectivity index (χ4v) is 18.9. The van der Waals surface area contributed by atoms with Gasteiger partial charge in [-0.15, -0.1) is 0 Å². The second-order valence-electron chi connectivity index (χ2n) is 25.9. The van der Waals surface area contributed by atoms with Crippen LogP contribution < -0.4 is 0 Å². The summed E-state index contributed by atoms with van der Waals surface area (Å²) in [5.41, 5.74) is 29.4. The predicted octanol–water partition coefficient (Wildman–Crippen LogP) is 22.8.